The maximum atomic E-state index is 12.0. The van der Waals surface area contributed by atoms with Gasteiger partial charge in [-0.05, 0) is 43.3 Å². The van der Waals surface area contributed by atoms with Crippen LogP contribution in [-0.2, 0) is 4.79 Å². The SMILES string of the molecule is COc1ccc(NC(C)C(=O)N/N=C\c2ccccc2O)cc1. The van der Waals surface area contributed by atoms with Crippen LogP contribution in [-0.4, -0.2) is 30.4 Å². The largest absolute Gasteiger partial charge is 0.507 e. The number of para-hydroxylation sites is 1. The zero-order chi connectivity index (χ0) is 16.7. The van der Waals surface area contributed by atoms with Gasteiger partial charge in [0.2, 0.25) is 0 Å². The van der Waals surface area contributed by atoms with Gasteiger partial charge in [-0.2, -0.15) is 5.10 Å². The Balaban J connectivity index is 1.88. The number of hydrazone groups is 1. The highest BCUT2D eigenvalue weighted by molar-refractivity contribution is 5.87. The van der Waals surface area contributed by atoms with Crippen molar-refractivity contribution in [2.24, 2.45) is 5.10 Å². The van der Waals surface area contributed by atoms with Crippen LogP contribution in [0.25, 0.3) is 0 Å². The number of amides is 1. The van der Waals surface area contributed by atoms with Gasteiger partial charge in [0, 0.05) is 11.3 Å². The van der Waals surface area contributed by atoms with Crippen molar-refractivity contribution in [3.8, 4) is 11.5 Å². The predicted octanol–water partition coefficient (Wildman–Crippen LogP) is 2.35. The van der Waals surface area contributed by atoms with Crippen molar-refractivity contribution >= 4 is 17.8 Å². The smallest absolute Gasteiger partial charge is 0.262 e. The zero-order valence-corrected chi connectivity index (χ0v) is 13.0. The lowest BCUT2D eigenvalue weighted by Gasteiger charge is -2.13. The van der Waals surface area contributed by atoms with Crippen LogP contribution in [0.4, 0.5) is 5.69 Å². The summed E-state index contributed by atoms with van der Waals surface area (Å²) < 4.78 is 5.08. The van der Waals surface area contributed by atoms with Crippen LogP contribution in [0.15, 0.2) is 53.6 Å². The molecular weight excluding hydrogens is 294 g/mol. The number of phenols is 1. The molecule has 0 aromatic heterocycles. The molecule has 0 saturated heterocycles. The zero-order valence-electron chi connectivity index (χ0n) is 13.0. The van der Waals surface area contributed by atoms with E-state index in [1.807, 2.05) is 24.3 Å². The molecule has 2 rings (SSSR count). The Bertz CT molecular complexity index is 684. The average molecular weight is 313 g/mol. The Kier molecular flexibility index (Phi) is 5.57. The van der Waals surface area contributed by atoms with E-state index in [-0.39, 0.29) is 11.7 Å². The normalized spacial score (nSPS) is 11.9. The van der Waals surface area contributed by atoms with Gasteiger partial charge in [0.25, 0.3) is 5.91 Å². The van der Waals surface area contributed by atoms with Crippen LogP contribution in [0.5, 0.6) is 11.5 Å². The molecule has 0 spiro atoms. The predicted molar refractivity (Wildman–Crippen MR) is 89.9 cm³/mol. The molecule has 2 aromatic carbocycles. The molecule has 0 bridgehead atoms. The van der Waals surface area contributed by atoms with E-state index in [0.29, 0.717) is 5.56 Å². The van der Waals surface area contributed by atoms with Crippen molar-refractivity contribution < 1.29 is 14.6 Å². The maximum Gasteiger partial charge on any atom is 0.262 e. The summed E-state index contributed by atoms with van der Waals surface area (Å²) in [4.78, 5) is 12.0. The molecular formula is C17H19N3O3. The number of carbonyl (C=O) groups excluding carboxylic acids is 1. The summed E-state index contributed by atoms with van der Waals surface area (Å²) in [5.41, 5.74) is 3.77. The molecule has 1 atom stereocenters. The molecule has 0 aliphatic carbocycles. The summed E-state index contributed by atoms with van der Waals surface area (Å²) in [6.07, 6.45) is 1.40. The van der Waals surface area contributed by atoms with Gasteiger partial charge in [0.1, 0.15) is 17.5 Å². The molecule has 23 heavy (non-hydrogen) atoms. The van der Waals surface area contributed by atoms with Crippen LogP contribution in [0, 0.1) is 0 Å². The molecule has 0 saturated carbocycles. The maximum absolute atomic E-state index is 12.0. The third-order valence-electron chi connectivity index (χ3n) is 3.18. The van der Waals surface area contributed by atoms with E-state index >= 15 is 0 Å². The highest BCUT2D eigenvalue weighted by atomic mass is 16.5. The molecule has 1 unspecified atom stereocenters. The van der Waals surface area contributed by atoms with Crippen LogP contribution in [0.3, 0.4) is 0 Å². The molecule has 0 aliphatic heterocycles. The van der Waals surface area contributed by atoms with Gasteiger partial charge in [0.05, 0.1) is 13.3 Å². The number of anilines is 1. The molecule has 6 heteroatoms. The van der Waals surface area contributed by atoms with Gasteiger partial charge < -0.3 is 15.2 Å². The van der Waals surface area contributed by atoms with Gasteiger partial charge in [-0.15, -0.1) is 0 Å². The summed E-state index contributed by atoms with van der Waals surface area (Å²) in [5.74, 6) is 0.572. The minimum Gasteiger partial charge on any atom is -0.507 e. The van der Waals surface area contributed by atoms with Crippen LogP contribution in [0.2, 0.25) is 0 Å². The standard InChI is InChI=1S/C17H19N3O3/c1-12(19-14-7-9-15(23-2)10-8-14)17(22)20-18-11-13-5-3-4-6-16(13)21/h3-12,19,21H,1-2H3,(H,20,22)/b18-11-. The number of nitrogens with one attached hydrogen (secondary N) is 2. The summed E-state index contributed by atoms with van der Waals surface area (Å²) in [6.45, 7) is 1.73. The number of benzene rings is 2. The highest BCUT2D eigenvalue weighted by Gasteiger charge is 2.11. The second-order valence-electron chi connectivity index (χ2n) is 4.89. The van der Waals surface area contributed by atoms with Crippen molar-refractivity contribution in [1.82, 2.24) is 5.43 Å². The van der Waals surface area contributed by atoms with Crippen LogP contribution < -0.4 is 15.5 Å². The Labute approximate surface area is 134 Å². The lowest BCUT2D eigenvalue weighted by molar-refractivity contribution is -0.121. The number of phenolic OH excluding ortho intramolecular Hbond substituents is 1. The molecule has 120 valence electrons. The lowest BCUT2D eigenvalue weighted by Crippen LogP contribution is -2.34. The number of carbonyl (C=O) groups is 1. The lowest BCUT2D eigenvalue weighted by atomic mass is 10.2. The average Bonchev–Trinajstić information content (AvgIpc) is 2.57. The van der Waals surface area contributed by atoms with Gasteiger partial charge in [-0.3, -0.25) is 4.79 Å². The first-order chi connectivity index (χ1) is 11.1. The Morgan fingerprint density at radius 3 is 2.57 bits per heavy atom. The van der Waals surface area contributed by atoms with Crippen molar-refractivity contribution in [3.63, 3.8) is 0 Å². The summed E-state index contributed by atoms with van der Waals surface area (Å²) in [7, 11) is 1.60. The van der Waals surface area contributed by atoms with Crippen molar-refractivity contribution in [1.29, 1.82) is 0 Å². The van der Waals surface area contributed by atoms with Gasteiger partial charge in [-0.1, -0.05) is 12.1 Å². The third kappa shape index (κ3) is 4.74. The van der Waals surface area contributed by atoms with E-state index in [4.69, 9.17) is 4.74 Å². The minimum atomic E-state index is -0.468. The van der Waals surface area contributed by atoms with E-state index in [0.717, 1.165) is 11.4 Å². The summed E-state index contributed by atoms with van der Waals surface area (Å²) in [6, 6.07) is 13.5. The first-order valence-corrected chi connectivity index (χ1v) is 7.11. The summed E-state index contributed by atoms with van der Waals surface area (Å²) in [5, 5.41) is 16.5. The van der Waals surface area contributed by atoms with Gasteiger partial charge in [0.15, 0.2) is 0 Å². The van der Waals surface area contributed by atoms with Crippen molar-refractivity contribution in [2.45, 2.75) is 13.0 Å². The second kappa shape index (κ2) is 7.84. The summed E-state index contributed by atoms with van der Waals surface area (Å²) >= 11 is 0. The molecule has 3 N–H and O–H groups in total. The van der Waals surface area contributed by atoms with E-state index < -0.39 is 6.04 Å². The van der Waals surface area contributed by atoms with Crippen LogP contribution in [0.1, 0.15) is 12.5 Å². The number of nitrogens with zero attached hydrogens (tertiary/aromatic N) is 1. The highest BCUT2D eigenvalue weighted by Crippen LogP contribution is 2.16. The number of ether oxygens (including phenoxy) is 1. The number of methoxy groups -OCH3 is 1. The minimum absolute atomic E-state index is 0.106. The molecule has 0 heterocycles. The fourth-order valence-corrected chi connectivity index (χ4v) is 1.86. The third-order valence-corrected chi connectivity index (χ3v) is 3.18. The monoisotopic (exact) mass is 313 g/mol. The van der Waals surface area contributed by atoms with E-state index in [9.17, 15) is 9.90 Å². The molecule has 2 aromatic rings. The number of rotatable bonds is 6. The Morgan fingerprint density at radius 2 is 1.91 bits per heavy atom. The van der Waals surface area contributed by atoms with Crippen molar-refractivity contribution in [2.75, 3.05) is 12.4 Å². The van der Waals surface area contributed by atoms with Gasteiger partial charge in [-0.25, -0.2) is 5.43 Å². The van der Waals surface area contributed by atoms with E-state index in [1.165, 1.54) is 6.21 Å². The first kappa shape index (κ1) is 16.4. The number of hydrogen-bond acceptors (Lipinski definition) is 5. The second-order valence-corrected chi connectivity index (χ2v) is 4.89. The fraction of sp³-hybridized carbons (Fsp3) is 0.176. The quantitative estimate of drug-likeness (QED) is 0.565. The molecule has 6 nitrogen and oxygen atoms in total. The first-order valence-electron chi connectivity index (χ1n) is 7.11. The molecule has 0 fully saturated rings. The van der Waals surface area contributed by atoms with Crippen molar-refractivity contribution in [3.05, 3.63) is 54.1 Å². The van der Waals surface area contributed by atoms with Gasteiger partial charge >= 0.3 is 0 Å². The molecule has 1 amide bonds. The van der Waals surface area contributed by atoms with E-state index in [1.54, 1.807) is 38.3 Å². The number of aromatic hydroxyl groups is 1. The molecule has 0 radical (unpaired) electrons. The Morgan fingerprint density at radius 1 is 1.22 bits per heavy atom. The topological polar surface area (TPSA) is 83.0 Å². The van der Waals surface area contributed by atoms with E-state index in [2.05, 4.69) is 15.8 Å². The fourth-order valence-electron chi connectivity index (χ4n) is 1.86. The number of hydrogen-bond donors (Lipinski definition) is 3. The molecule has 0 aliphatic rings. The van der Waals surface area contributed by atoms with Crippen LogP contribution >= 0.6 is 0 Å². The Hall–Kier alpha value is -3.02.